The fourth-order valence-electron chi connectivity index (χ4n) is 2.84. The van der Waals surface area contributed by atoms with Gasteiger partial charge in [0.05, 0.1) is 5.69 Å². The lowest BCUT2D eigenvalue weighted by Gasteiger charge is -2.24. The summed E-state index contributed by atoms with van der Waals surface area (Å²) in [7, 11) is 0. The molecule has 6 heteroatoms. The van der Waals surface area contributed by atoms with E-state index in [0.717, 1.165) is 50.3 Å². The van der Waals surface area contributed by atoms with Crippen molar-refractivity contribution in [1.29, 1.82) is 0 Å². The van der Waals surface area contributed by atoms with Gasteiger partial charge in [-0.1, -0.05) is 32.4 Å². The predicted molar refractivity (Wildman–Crippen MR) is 121 cm³/mol. The second kappa shape index (κ2) is 14.8. The van der Waals surface area contributed by atoms with E-state index in [9.17, 15) is 0 Å². The van der Waals surface area contributed by atoms with Gasteiger partial charge in [0.15, 0.2) is 0 Å². The summed E-state index contributed by atoms with van der Waals surface area (Å²) in [6, 6.07) is 8.13. The molecule has 0 radical (unpaired) electrons. The van der Waals surface area contributed by atoms with Gasteiger partial charge in [0.2, 0.25) is 0 Å². The average Bonchev–Trinajstić information content (AvgIpc) is 2.72. The van der Waals surface area contributed by atoms with Crippen LogP contribution in [0.4, 0.5) is 11.4 Å². The molecular formula is C22H38N6. The fraction of sp³-hybridized carbons (Fsp3) is 0.545. The molecule has 0 fully saturated rings. The molecule has 1 rings (SSSR count). The quantitative estimate of drug-likeness (QED) is 0.336. The highest BCUT2D eigenvalue weighted by Gasteiger charge is 2.06. The van der Waals surface area contributed by atoms with Crippen molar-refractivity contribution in [2.24, 2.45) is 21.7 Å². The van der Waals surface area contributed by atoms with E-state index in [1.54, 1.807) is 0 Å². The number of allylic oxidation sites excluding steroid dienone is 1. The van der Waals surface area contributed by atoms with E-state index < -0.39 is 0 Å². The minimum Gasteiger partial charge on any atom is -0.371 e. The second-order valence-corrected chi connectivity index (χ2v) is 6.79. The number of rotatable bonds is 15. The third-order valence-corrected chi connectivity index (χ3v) is 4.42. The third-order valence-electron chi connectivity index (χ3n) is 4.42. The van der Waals surface area contributed by atoms with Gasteiger partial charge >= 0.3 is 0 Å². The largest absolute Gasteiger partial charge is 0.371 e. The number of benzene rings is 1. The van der Waals surface area contributed by atoms with Gasteiger partial charge < -0.3 is 21.3 Å². The van der Waals surface area contributed by atoms with Crippen molar-refractivity contribution >= 4 is 11.4 Å². The maximum Gasteiger partial charge on any atom is 0.147 e. The Bertz CT molecular complexity index is 586. The van der Waals surface area contributed by atoms with Crippen LogP contribution in [0.25, 0.3) is 0 Å². The molecule has 0 spiro atoms. The Hall–Kier alpha value is -2.18. The van der Waals surface area contributed by atoms with Crippen LogP contribution in [-0.4, -0.2) is 37.6 Å². The van der Waals surface area contributed by atoms with Gasteiger partial charge in [0.1, 0.15) is 5.82 Å². The van der Waals surface area contributed by atoms with Crippen LogP contribution < -0.4 is 16.4 Å². The van der Waals surface area contributed by atoms with Crippen LogP contribution in [0.2, 0.25) is 0 Å². The van der Waals surface area contributed by atoms with Crippen LogP contribution in [-0.2, 0) is 0 Å². The van der Waals surface area contributed by atoms with Gasteiger partial charge in [-0.15, -0.1) is 10.2 Å². The Kier molecular flexibility index (Phi) is 12.6. The number of nitrogens with zero attached hydrogens (tertiary/aromatic N) is 4. The van der Waals surface area contributed by atoms with Crippen molar-refractivity contribution in [2.75, 3.05) is 37.6 Å². The van der Waals surface area contributed by atoms with Crippen LogP contribution in [0.1, 0.15) is 46.0 Å². The zero-order valence-corrected chi connectivity index (χ0v) is 17.7. The van der Waals surface area contributed by atoms with Crippen LogP contribution in [0, 0.1) is 0 Å². The molecule has 0 amide bonds. The smallest absolute Gasteiger partial charge is 0.147 e. The first-order valence-corrected chi connectivity index (χ1v) is 10.4. The van der Waals surface area contributed by atoms with E-state index in [2.05, 4.69) is 45.7 Å². The number of hydrogen-bond acceptors (Lipinski definition) is 6. The average molecular weight is 387 g/mol. The maximum atomic E-state index is 5.66. The van der Waals surface area contributed by atoms with E-state index in [4.69, 9.17) is 11.5 Å². The molecule has 0 bridgehead atoms. The molecule has 0 saturated carbocycles. The first kappa shape index (κ1) is 23.9. The summed E-state index contributed by atoms with van der Waals surface area (Å²) < 4.78 is 0. The molecular weight excluding hydrogens is 348 g/mol. The fourth-order valence-corrected chi connectivity index (χ4v) is 2.84. The van der Waals surface area contributed by atoms with Crippen LogP contribution >= 0.6 is 0 Å². The van der Waals surface area contributed by atoms with E-state index in [-0.39, 0.29) is 0 Å². The summed E-state index contributed by atoms with van der Waals surface area (Å²) in [4.78, 5) is 4.37. The molecule has 0 atom stereocenters. The zero-order valence-electron chi connectivity index (χ0n) is 17.7. The van der Waals surface area contributed by atoms with Gasteiger partial charge in [0.25, 0.3) is 0 Å². The number of hydrogen-bond donors (Lipinski definition) is 2. The van der Waals surface area contributed by atoms with Crippen molar-refractivity contribution in [2.45, 2.75) is 46.0 Å². The van der Waals surface area contributed by atoms with Crippen molar-refractivity contribution < 1.29 is 0 Å². The predicted octanol–water partition coefficient (Wildman–Crippen LogP) is 4.77. The molecule has 0 unspecified atom stereocenters. The monoisotopic (exact) mass is 386 g/mol. The lowest BCUT2D eigenvalue weighted by Crippen LogP contribution is -2.28. The molecule has 0 saturated heterocycles. The summed E-state index contributed by atoms with van der Waals surface area (Å²) in [6.07, 6.45) is 9.44. The minimum atomic E-state index is 0.658. The molecule has 1 aromatic carbocycles. The molecule has 0 aliphatic heterocycles. The summed E-state index contributed by atoms with van der Waals surface area (Å²) in [5.41, 5.74) is 13.3. The summed E-state index contributed by atoms with van der Waals surface area (Å²) in [6.45, 7) is 12.4. The third kappa shape index (κ3) is 9.15. The zero-order chi connectivity index (χ0) is 20.6. The summed E-state index contributed by atoms with van der Waals surface area (Å²) in [5, 5.41) is 8.68. The maximum absolute atomic E-state index is 5.66. The SMILES string of the molecule is C=C(N=Nc1ccc(N(CCCN)CCCN)cc1)N(/C=C\C)CCCCC. The van der Waals surface area contributed by atoms with E-state index in [1.807, 2.05) is 31.3 Å². The van der Waals surface area contributed by atoms with Gasteiger partial charge in [0, 0.05) is 31.5 Å². The van der Waals surface area contributed by atoms with Gasteiger partial charge in [-0.25, -0.2) is 0 Å². The second-order valence-electron chi connectivity index (χ2n) is 6.79. The molecule has 0 heterocycles. The Morgan fingerprint density at radius 3 is 2.18 bits per heavy atom. The van der Waals surface area contributed by atoms with E-state index >= 15 is 0 Å². The van der Waals surface area contributed by atoms with Crippen LogP contribution in [0.5, 0.6) is 0 Å². The van der Waals surface area contributed by atoms with Crippen molar-refractivity contribution in [3.63, 3.8) is 0 Å². The van der Waals surface area contributed by atoms with Crippen molar-refractivity contribution in [3.8, 4) is 0 Å². The molecule has 1 aromatic rings. The van der Waals surface area contributed by atoms with Crippen LogP contribution in [0.3, 0.4) is 0 Å². The Labute approximate surface area is 171 Å². The van der Waals surface area contributed by atoms with E-state index in [1.165, 1.54) is 12.8 Å². The number of anilines is 1. The topological polar surface area (TPSA) is 83.2 Å². The summed E-state index contributed by atoms with van der Waals surface area (Å²) in [5.74, 6) is 0.658. The molecule has 0 aliphatic carbocycles. The Morgan fingerprint density at radius 1 is 1.00 bits per heavy atom. The van der Waals surface area contributed by atoms with Gasteiger partial charge in [-0.3, -0.25) is 0 Å². The minimum absolute atomic E-state index is 0.658. The first-order chi connectivity index (χ1) is 13.7. The summed E-state index contributed by atoms with van der Waals surface area (Å²) >= 11 is 0. The highest BCUT2D eigenvalue weighted by Crippen LogP contribution is 2.21. The standard InChI is InChI=1S/C22H38N6/c1-4-6-7-17-27(16-5-2)20(3)25-26-21-10-12-22(13-11-21)28(18-8-14-23)19-9-15-24/h5,10-13,16H,3-4,6-9,14-15,17-19,23-24H2,1-2H3/b16-5-,26-25?. The lowest BCUT2D eigenvalue weighted by atomic mass is 10.2. The molecule has 156 valence electrons. The van der Waals surface area contributed by atoms with Crippen LogP contribution in [0.15, 0.2) is 59.2 Å². The van der Waals surface area contributed by atoms with E-state index in [0.29, 0.717) is 18.9 Å². The van der Waals surface area contributed by atoms with Crippen molar-refractivity contribution in [3.05, 3.63) is 48.9 Å². The normalized spacial score (nSPS) is 11.4. The molecule has 0 aromatic heterocycles. The molecule has 6 nitrogen and oxygen atoms in total. The number of unbranched alkanes of at least 4 members (excludes halogenated alkanes) is 2. The molecule has 0 aliphatic rings. The van der Waals surface area contributed by atoms with Gasteiger partial charge in [-0.05, 0) is 63.5 Å². The highest BCUT2D eigenvalue weighted by molar-refractivity contribution is 5.52. The number of nitrogens with two attached hydrogens (primary N) is 2. The lowest BCUT2D eigenvalue weighted by molar-refractivity contribution is 0.435. The molecule has 4 N–H and O–H groups in total. The number of azo groups is 1. The highest BCUT2D eigenvalue weighted by atomic mass is 15.3. The Balaban J connectivity index is 2.73. The first-order valence-electron chi connectivity index (χ1n) is 10.4. The van der Waals surface area contributed by atoms with Crippen molar-refractivity contribution in [1.82, 2.24) is 4.90 Å². The Morgan fingerprint density at radius 2 is 1.64 bits per heavy atom. The van der Waals surface area contributed by atoms with Gasteiger partial charge in [-0.2, -0.15) is 0 Å². The molecule has 28 heavy (non-hydrogen) atoms.